The zero-order chi connectivity index (χ0) is 22.4. The lowest BCUT2D eigenvalue weighted by Crippen LogP contribution is -2.37. The summed E-state index contributed by atoms with van der Waals surface area (Å²) in [5.74, 6) is 0.585. The van der Waals surface area contributed by atoms with Gasteiger partial charge in [0.2, 0.25) is 0 Å². The van der Waals surface area contributed by atoms with Gasteiger partial charge in [-0.25, -0.2) is 0 Å². The molecule has 0 heterocycles. The predicted octanol–water partition coefficient (Wildman–Crippen LogP) is 5.59. The fourth-order valence-electron chi connectivity index (χ4n) is 4.00. The zero-order valence-electron chi connectivity index (χ0n) is 19.0. The molecule has 1 saturated carbocycles. The number of para-hydroxylation sites is 1. The van der Waals surface area contributed by atoms with E-state index in [1.165, 1.54) is 6.42 Å². The van der Waals surface area contributed by atoms with Crippen LogP contribution < -0.4 is 15.4 Å². The molecule has 0 bridgehead atoms. The summed E-state index contributed by atoms with van der Waals surface area (Å²) in [6.45, 7) is 7.93. The molecule has 1 atom stereocenters. The lowest BCUT2D eigenvalue weighted by molar-refractivity contribution is -0.122. The predicted molar refractivity (Wildman–Crippen MR) is 125 cm³/mol. The molecule has 166 valence electrons. The van der Waals surface area contributed by atoms with Gasteiger partial charge in [0.25, 0.3) is 11.8 Å². The van der Waals surface area contributed by atoms with Crippen LogP contribution in [0.1, 0.15) is 80.3 Å². The summed E-state index contributed by atoms with van der Waals surface area (Å²) in [6.07, 6.45) is 4.86. The highest BCUT2D eigenvalue weighted by Gasteiger charge is 2.22. The summed E-state index contributed by atoms with van der Waals surface area (Å²) in [7, 11) is 0. The Morgan fingerprint density at radius 1 is 1.00 bits per heavy atom. The van der Waals surface area contributed by atoms with Crippen LogP contribution in [0.4, 0.5) is 5.69 Å². The minimum absolute atomic E-state index is 0.142. The van der Waals surface area contributed by atoms with Gasteiger partial charge in [0.05, 0.1) is 11.3 Å². The molecular formula is C26H34N2O3. The molecule has 0 aromatic heterocycles. The molecule has 0 aliphatic heterocycles. The van der Waals surface area contributed by atoms with Gasteiger partial charge >= 0.3 is 0 Å². The van der Waals surface area contributed by atoms with Crippen molar-refractivity contribution >= 4 is 17.5 Å². The number of rotatable bonds is 7. The largest absolute Gasteiger partial charge is 0.481 e. The molecule has 5 nitrogen and oxygen atoms in total. The van der Waals surface area contributed by atoms with E-state index in [1.807, 2.05) is 37.3 Å². The van der Waals surface area contributed by atoms with Crippen LogP contribution in [-0.2, 0) is 4.79 Å². The standard InChI is InChI=1S/C26H34N2O3/c1-17(2)21-15-14-18(3)16-24(21)31-19(4)25(29)28-23-13-9-8-12-22(23)26(30)27-20-10-6-5-7-11-20/h8-9,12-17,19-20H,5-7,10-11H2,1-4H3,(H,27,30)(H,28,29). The van der Waals surface area contributed by atoms with Gasteiger partial charge in [0.15, 0.2) is 6.10 Å². The maximum Gasteiger partial charge on any atom is 0.265 e. The first-order valence-corrected chi connectivity index (χ1v) is 11.3. The second-order valence-corrected chi connectivity index (χ2v) is 8.80. The number of carbonyl (C=O) groups is 2. The third-order valence-corrected chi connectivity index (χ3v) is 5.83. The molecule has 3 rings (SSSR count). The van der Waals surface area contributed by atoms with Gasteiger partial charge < -0.3 is 15.4 Å². The monoisotopic (exact) mass is 422 g/mol. The van der Waals surface area contributed by atoms with Crippen molar-refractivity contribution in [2.45, 2.75) is 77.9 Å². The van der Waals surface area contributed by atoms with Crippen molar-refractivity contribution in [3.05, 3.63) is 59.2 Å². The van der Waals surface area contributed by atoms with Gasteiger partial charge in [0, 0.05) is 6.04 Å². The highest BCUT2D eigenvalue weighted by atomic mass is 16.5. The first kappa shape index (κ1) is 22.9. The number of benzene rings is 2. The average Bonchev–Trinajstić information content (AvgIpc) is 2.74. The molecule has 31 heavy (non-hydrogen) atoms. The van der Waals surface area contributed by atoms with Crippen LogP contribution in [0.2, 0.25) is 0 Å². The van der Waals surface area contributed by atoms with E-state index in [1.54, 1.807) is 19.1 Å². The van der Waals surface area contributed by atoms with Gasteiger partial charge in [-0.1, -0.05) is 57.4 Å². The van der Waals surface area contributed by atoms with Gasteiger partial charge in [-0.05, 0) is 61.9 Å². The summed E-state index contributed by atoms with van der Waals surface area (Å²) in [4.78, 5) is 25.7. The second-order valence-electron chi connectivity index (χ2n) is 8.80. The van der Waals surface area contributed by atoms with E-state index in [0.29, 0.717) is 11.3 Å². The Balaban J connectivity index is 1.69. The summed E-state index contributed by atoms with van der Waals surface area (Å²) in [5, 5.41) is 6.01. The van der Waals surface area contributed by atoms with Crippen LogP contribution in [0.3, 0.4) is 0 Å². The fourth-order valence-corrected chi connectivity index (χ4v) is 4.00. The second kappa shape index (κ2) is 10.5. The van der Waals surface area contributed by atoms with Crippen molar-refractivity contribution in [1.82, 2.24) is 5.32 Å². The molecule has 1 unspecified atom stereocenters. The first-order valence-electron chi connectivity index (χ1n) is 11.3. The minimum atomic E-state index is -0.700. The smallest absolute Gasteiger partial charge is 0.265 e. The lowest BCUT2D eigenvalue weighted by atomic mass is 9.95. The number of anilines is 1. The summed E-state index contributed by atoms with van der Waals surface area (Å²) < 4.78 is 6.03. The quantitative estimate of drug-likeness (QED) is 0.611. The Morgan fingerprint density at radius 3 is 2.42 bits per heavy atom. The van der Waals surface area contributed by atoms with Gasteiger partial charge in [-0.2, -0.15) is 0 Å². The fraction of sp³-hybridized carbons (Fsp3) is 0.462. The van der Waals surface area contributed by atoms with Gasteiger partial charge in [-0.15, -0.1) is 0 Å². The molecule has 5 heteroatoms. The summed E-state index contributed by atoms with van der Waals surface area (Å²) in [5.41, 5.74) is 3.13. The first-order chi connectivity index (χ1) is 14.8. The topological polar surface area (TPSA) is 67.4 Å². The van der Waals surface area contributed by atoms with Crippen LogP contribution >= 0.6 is 0 Å². The van der Waals surface area contributed by atoms with Crippen LogP contribution in [-0.4, -0.2) is 24.0 Å². The van der Waals surface area contributed by atoms with Crippen LogP contribution in [0.5, 0.6) is 5.75 Å². The normalized spacial score (nSPS) is 15.4. The van der Waals surface area contributed by atoms with Crippen molar-refractivity contribution in [2.75, 3.05) is 5.32 Å². The van der Waals surface area contributed by atoms with Gasteiger partial charge in [-0.3, -0.25) is 9.59 Å². The van der Waals surface area contributed by atoms with E-state index >= 15 is 0 Å². The van der Waals surface area contributed by atoms with E-state index in [-0.39, 0.29) is 23.8 Å². The average molecular weight is 423 g/mol. The molecular weight excluding hydrogens is 388 g/mol. The van der Waals surface area contributed by atoms with Crippen molar-refractivity contribution in [3.63, 3.8) is 0 Å². The summed E-state index contributed by atoms with van der Waals surface area (Å²) >= 11 is 0. The Bertz CT molecular complexity index is 917. The van der Waals surface area contributed by atoms with Crippen molar-refractivity contribution in [1.29, 1.82) is 0 Å². The Kier molecular flexibility index (Phi) is 7.72. The molecule has 2 amide bonds. The Labute approximate surface area is 185 Å². The SMILES string of the molecule is Cc1ccc(C(C)C)c(OC(C)C(=O)Nc2ccccc2C(=O)NC2CCCCC2)c1. The zero-order valence-corrected chi connectivity index (χ0v) is 19.0. The Morgan fingerprint density at radius 2 is 1.71 bits per heavy atom. The van der Waals surface area contributed by atoms with Gasteiger partial charge in [0.1, 0.15) is 5.75 Å². The van der Waals surface area contributed by atoms with Crippen molar-refractivity contribution in [2.24, 2.45) is 0 Å². The number of ether oxygens (including phenoxy) is 1. The van der Waals surface area contributed by atoms with Crippen molar-refractivity contribution in [3.8, 4) is 5.75 Å². The van der Waals surface area contributed by atoms with E-state index in [2.05, 4.69) is 24.5 Å². The number of hydrogen-bond donors (Lipinski definition) is 2. The minimum Gasteiger partial charge on any atom is -0.481 e. The maximum absolute atomic E-state index is 12.9. The third-order valence-electron chi connectivity index (χ3n) is 5.83. The lowest BCUT2D eigenvalue weighted by Gasteiger charge is -2.23. The third kappa shape index (κ3) is 6.09. The Hall–Kier alpha value is -2.82. The maximum atomic E-state index is 12.9. The number of nitrogens with one attached hydrogen (secondary N) is 2. The molecule has 0 spiro atoms. The molecule has 2 aromatic rings. The number of amides is 2. The molecule has 1 aliphatic rings. The van der Waals surface area contributed by atoms with Crippen LogP contribution in [0.15, 0.2) is 42.5 Å². The molecule has 1 aliphatic carbocycles. The van der Waals surface area contributed by atoms with E-state index in [0.717, 1.165) is 42.6 Å². The highest BCUT2D eigenvalue weighted by Crippen LogP contribution is 2.28. The van der Waals surface area contributed by atoms with Crippen LogP contribution in [0.25, 0.3) is 0 Å². The highest BCUT2D eigenvalue weighted by molar-refractivity contribution is 6.04. The molecule has 2 N–H and O–H groups in total. The van der Waals surface area contributed by atoms with E-state index < -0.39 is 6.10 Å². The molecule has 2 aromatic carbocycles. The van der Waals surface area contributed by atoms with Crippen molar-refractivity contribution < 1.29 is 14.3 Å². The van der Waals surface area contributed by atoms with E-state index in [9.17, 15) is 9.59 Å². The number of hydrogen-bond acceptors (Lipinski definition) is 3. The van der Waals surface area contributed by atoms with Crippen LogP contribution in [0, 0.1) is 6.92 Å². The molecule has 0 radical (unpaired) electrons. The summed E-state index contributed by atoms with van der Waals surface area (Å²) in [6, 6.07) is 13.4. The number of carbonyl (C=O) groups excluding carboxylic acids is 2. The number of aryl methyl sites for hydroxylation is 1. The molecule has 1 fully saturated rings. The van der Waals surface area contributed by atoms with E-state index in [4.69, 9.17) is 4.74 Å². The molecule has 0 saturated heterocycles.